The lowest BCUT2D eigenvalue weighted by molar-refractivity contribution is -0.145. The summed E-state index contributed by atoms with van der Waals surface area (Å²) < 4.78 is 5.65. The number of piperidine rings is 1. The van der Waals surface area contributed by atoms with Gasteiger partial charge in [0.15, 0.2) is 0 Å². The van der Waals surface area contributed by atoms with Crippen LogP contribution < -0.4 is 11.1 Å². The van der Waals surface area contributed by atoms with Gasteiger partial charge in [-0.2, -0.15) is 0 Å². The molecule has 4 rings (SSSR count). The van der Waals surface area contributed by atoms with E-state index in [1.165, 1.54) is 4.90 Å². The van der Waals surface area contributed by atoms with Crippen LogP contribution in [0.2, 0.25) is 0 Å². The van der Waals surface area contributed by atoms with E-state index in [1.807, 2.05) is 30.3 Å². The number of aliphatic carboxylic acids is 1. The number of carbonyl (C=O) groups excluding carboxylic acids is 4. The molecule has 0 unspecified atom stereocenters. The Morgan fingerprint density at radius 3 is 2.17 bits per heavy atom. The summed E-state index contributed by atoms with van der Waals surface area (Å²) >= 11 is 0. The van der Waals surface area contributed by atoms with Crippen LogP contribution in [0.3, 0.4) is 0 Å². The highest BCUT2D eigenvalue weighted by Crippen LogP contribution is 2.37. The number of hydrogen-bond donors (Lipinski definition) is 3. The van der Waals surface area contributed by atoms with Crippen molar-refractivity contribution < 1.29 is 33.8 Å². The Morgan fingerprint density at radius 2 is 1.60 bits per heavy atom. The number of carbonyl (C=O) groups is 5. The van der Waals surface area contributed by atoms with Crippen molar-refractivity contribution in [3.8, 4) is 0 Å². The number of nitrogens with one attached hydrogen (secondary N) is 1. The van der Waals surface area contributed by atoms with E-state index in [0.717, 1.165) is 11.1 Å². The number of hydrogen-bond acceptors (Lipinski definition) is 6. The molecule has 0 spiro atoms. The van der Waals surface area contributed by atoms with E-state index in [1.54, 1.807) is 49.9 Å². The van der Waals surface area contributed by atoms with Crippen molar-refractivity contribution in [1.29, 1.82) is 0 Å². The van der Waals surface area contributed by atoms with Gasteiger partial charge >= 0.3 is 12.1 Å². The van der Waals surface area contributed by atoms with Crippen molar-refractivity contribution in [2.45, 2.75) is 76.1 Å². The number of rotatable bonds is 7. The zero-order valence-corrected chi connectivity index (χ0v) is 24.2. The number of nitrogens with two attached hydrogens (primary N) is 1. The summed E-state index contributed by atoms with van der Waals surface area (Å²) in [5.74, 6) is -3.00. The topological polar surface area (TPSA) is 159 Å². The molecule has 4 N–H and O–H groups in total. The molecule has 2 aliphatic heterocycles. The maximum Gasteiger partial charge on any atom is 0.411 e. The van der Waals surface area contributed by atoms with Crippen molar-refractivity contribution in [2.24, 2.45) is 5.73 Å². The molecule has 42 heavy (non-hydrogen) atoms. The molecular formula is C31H38N4O7. The molecular weight excluding hydrogens is 540 g/mol. The second-order valence-corrected chi connectivity index (χ2v) is 11.9. The number of fused-ring (bicyclic) bond motifs is 1. The lowest BCUT2D eigenvalue weighted by Gasteiger charge is -2.44. The largest absolute Gasteiger partial charge is 0.480 e. The Morgan fingerprint density at radius 1 is 1.00 bits per heavy atom. The molecule has 11 heteroatoms. The summed E-state index contributed by atoms with van der Waals surface area (Å²) in [6.07, 6.45) is -0.345. The summed E-state index contributed by atoms with van der Waals surface area (Å²) in [6, 6.07) is 14.4. The number of nitrogens with zero attached hydrogens (tertiary/aromatic N) is 2. The quantitative estimate of drug-likeness (QED) is 0.455. The lowest BCUT2D eigenvalue weighted by atomic mass is 9.71. The monoisotopic (exact) mass is 578 g/mol. The molecule has 2 heterocycles. The number of carboxylic acids is 1. The number of ether oxygens (including phenoxy) is 1. The van der Waals surface area contributed by atoms with Crippen LogP contribution in [0.4, 0.5) is 4.79 Å². The highest BCUT2D eigenvalue weighted by Gasteiger charge is 2.47. The van der Waals surface area contributed by atoms with Crippen LogP contribution in [-0.4, -0.2) is 75.5 Å². The molecule has 2 aliphatic rings. The van der Waals surface area contributed by atoms with Crippen molar-refractivity contribution >= 4 is 29.8 Å². The third kappa shape index (κ3) is 6.72. The molecule has 2 aromatic carbocycles. The number of amides is 4. The Labute approximate surface area is 245 Å². The molecule has 2 aromatic rings. The smallest absolute Gasteiger partial charge is 0.411 e. The maximum atomic E-state index is 14.0. The molecule has 0 radical (unpaired) electrons. The Kier molecular flexibility index (Phi) is 8.89. The fourth-order valence-electron chi connectivity index (χ4n) is 5.68. The highest BCUT2D eigenvalue weighted by molar-refractivity contribution is 5.94. The van der Waals surface area contributed by atoms with Gasteiger partial charge < -0.3 is 25.8 Å². The van der Waals surface area contributed by atoms with E-state index in [9.17, 15) is 29.1 Å². The van der Waals surface area contributed by atoms with Gasteiger partial charge in [0, 0.05) is 19.5 Å². The van der Waals surface area contributed by atoms with E-state index in [4.69, 9.17) is 10.5 Å². The van der Waals surface area contributed by atoms with Gasteiger partial charge in [-0.15, -0.1) is 0 Å². The molecule has 0 aromatic heterocycles. The first-order valence-electron chi connectivity index (χ1n) is 14.0. The van der Waals surface area contributed by atoms with Gasteiger partial charge in [-0.3, -0.25) is 19.3 Å². The summed E-state index contributed by atoms with van der Waals surface area (Å²) in [7, 11) is 0. The molecule has 2 atom stereocenters. The SMILES string of the molecule is CC(C)(C)OC(=O)N1Cc2ccccc2C[C@H]1C(=O)N1CCC(C(=O)N[C@H](CC(N)=O)C(=O)O)(c2ccccc2)CC1. The fraction of sp³-hybridized carbons (Fsp3) is 0.452. The van der Waals surface area contributed by atoms with E-state index < -0.39 is 53.4 Å². The van der Waals surface area contributed by atoms with Crippen molar-refractivity contribution in [2.75, 3.05) is 13.1 Å². The first-order chi connectivity index (χ1) is 19.8. The summed E-state index contributed by atoms with van der Waals surface area (Å²) in [5.41, 5.74) is 5.96. The van der Waals surface area contributed by atoms with Gasteiger partial charge in [-0.05, 0) is 50.3 Å². The number of likely N-dealkylation sites (tertiary alicyclic amines) is 1. The lowest BCUT2D eigenvalue weighted by Crippen LogP contribution is -2.59. The molecule has 1 fully saturated rings. The molecule has 0 saturated carbocycles. The van der Waals surface area contributed by atoms with Gasteiger partial charge in [0.25, 0.3) is 0 Å². The Hall–Kier alpha value is -4.41. The van der Waals surface area contributed by atoms with Crippen molar-refractivity contribution in [3.05, 3.63) is 71.3 Å². The van der Waals surface area contributed by atoms with E-state index in [0.29, 0.717) is 12.0 Å². The first-order valence-corrected chi connectivity index (χ1v) is 14.0. The van der Waals surface area contributed by atoms with Crippen LogP contribution in [-0.2, 0) is 42.3 Å². The Bertz CT molecular complexity index is 1350. The standard InChI is InChI=1S/C31H38N4O7/c1-30(2,3)42-29(41)35-19-21-10-8-7-9-20(21)17-24(35)26(37)34-15-13-31(14-16-34,22-11-5-4-6-12-22)28(40)33-23(27(38)39)18-25(32)36/h4-12,23-24H,13-19H2,1-3H3,(H2,32,36)(H,33,40)(H,38,39)/t23-,24+/m1/s1. The minimum Gasteiger partial charge on any atom is -0.480 e. The van der Waals surface area contributed by atoms with Crippen LogP contribution >= 0.6 is 0 Å². The maximum absolute atomic E-state index is 14.0. The summed E-state index contributed by atoms with van der Waals surface area (Å²) in [6.45, 7) is 5.97. The fourth-order valence-corrected chi connectivity index (χ4v) is 5.68. The molecule has 11 nitrogen and oxygen atoms in total. The van der Waals surface area contributed by atoms with Crippen LogP contribution in [0.25, 0.3) is 0 Å². The zero-order chi connectivity index (χ0) is 30.7. The number of carboxylic acid groups (broad SMARTS) is 1. The second-order valence-electron chi connectivity index (χ2n) is 11.9. The third-order valence-corrected chi connectivity index (χ3v) is 7.86. The first kappa shape index (κ1) is 30.5. The van der Waals surface area contributed by atoms with Crippen LogP contribution in [0.15, 0.2) is 54.6 Å². The predicted molar refractivity (Wildman–Crippen MR) is 153 cm³/mol. The van der Waals surface area contributed by atoms with Crippen LogP contribution in [0.5, 0.6) is 0 Å². The molecule has 0 aliphatic carbocycles. The molecule has 0 bridgehead atoms. The Balaban J connectivity index is 1.57. The highest BCUT2D eigenvalue weighted by atomic mass is 16.6. The van der Waals surface area contributed by atoms with Gasteiger partial charge in [-0.25, -0.2) is 9.59 Å². The van der Waals surface area contributed by atoms with Crippen molar-refractivity contribution in [1.82, 2.24) is 15.1 Å². The minimum absolute atomic E-state index is 0.203. The van der Waals surface area contributed by atoms with E-state index in [2.05, 4.69) is 5.32 Å². The van der Waals surface area contributed by atoms with Gasteiger partial charge in [0.1, 0.15) is 17.7 Å². The average molecular weight is 579 g/mol. The number of benzene rings is 2. The van der Waals surface area contributed by atoms with E-state index >= 15 is 0 Å². The third-order valence-electron chi connectivity index (χ3n) is 7.86. The van der Waals surface area contributed by atoms with Gasteiger partial charge in [0.2, 0.25) is 17.7 Å². The van der Waals surface area contributed by atoms with Crippen LogP contribution in [0.1, 0.15) is 56.7 Å². The molecule has 4 amide bonds. The predicted octanol–water partition coefficient (Wildman–Crippen LogP) is 2.35. The average Bonchev–Trinajstić information content (AvgIpc) is 2.95. The van der Waals surface area contributed by atoms with Crippen LogP contribution in [0, 0.1) is 0 Å². The van der Waals surface area contributed by atoms with E-state index in [-0.39, 0.29) is 38.4 Å². The number of primary amides is 1. The molecule has 224 valence electrons. The van der Waals surface area contributed by atoms with Gasteiger partial charge in [0.05, 0.1) is 18.4 Å². The van der Waals surface area contributed by atoms with Crippen molar-refractivity contribution in [3.63, 3.8) is 0 Å². The summed E-state index contributed by atoms with van der Waals surface area (Å²) in [4.78, 5) is 67.3. The zero-order valence-electron chi connectivity index (χ0n) is 24.2. The normalized spacial score (nSPS) is 18.8. The second kappa shape index (κ2) is 12.2. The summed E-state index contributed by atoms with van der Waals surface area (Å²) in [5, 5.41) is 12.1. The van der Waals surface area contributed by atoms with Gasteiger partial charge in [-0.1, -0.05) is 54.6 Å². The molecule has 1 saturated heterocycles. The minimum atomic E-state index is -1.47.